The number of carboxylic acid groups (broad SMARTS) is 3. The van der Waals surface area contributed by atoms with Crippen LogP contribution in [0.25, 0.3) is 43.1 Å². The van der Waals surface area contributed by atoms with Gasteiger partial charge in [0.05, 0.1) is 22.3 Å². The van der Waals surface area contributed by atoms with Crippen molar-refractivity contribution < 1.29 is 34.5 Å². The summed E-state index contributed by atoms with van der Waals surface area (Å²) in [5.74, 6) is -5.47. The molecule has 33 heavy (non-hydrogen) atoms. The molecule has 4 N–H and O–H groups in total. The van der Waals surface area contributed by atoms with Gasteiger partial charge in [0.1, 0.15) is 0 Å². The maximum atomic E-state index is 13.0. The molecule has 5 aromatic rings. The Balaban J connectivity index is 2.31. The quantitative estimate of drug-likeness (QED) is 0.242. The van der Waals surface area contributed by atoms with E-state index in [2.05, 4.69) is 5.32 Å². The van der Waals surface area contributed by atoms with E-state index >= 15 is 0 Å². The number of benzene rings is 5. The Bertz CT molecular complexity index is 1700. The highest BCUT2D eigenvalue weighted by molar-refractivity contribution is 6.40. The normalized spacial score (nSPS) is 11.4. The molecule has 0 fully saturated rings. The van der Waals surface area contributed by atoms with Gasteiger partial charge in [0.2, 0.25) is 0 Å². The molecule has 0 heterocycles. The molecule has 5 rings (SSSR count). The molecule has 0 bridgehead atoms. The summed E-state index contributed by atoms with van der Waals surface area (Å²) in [4.78, 5) is 49.8. The lowest BCUT2D eigenvalue weighted by molar-refractivity contribution is 0.0650. The number of aromatic carboxylic acids is 3. The van der Waals surface area contributed by atoms with Crippen molar-refractivity contribution in [1.29, 1.82) is 0 Å². The van der Waals surface area contributed by atoms with Gasteiger partial charge in [0.25, 0.3) is 5.91 Å². The maximum absolute atomic E-state index is 13.0. The van der Waals surface area contributed by atoms with E-state index < -0.39 is 34.9 Å². The molecule has 162 valence electrons. The highest BCUT2D eigenvalue weighted by Crippen LogP contribution is 2.45. The van der Waals surface area contributed by atoms with Crippen LogP contribution in [0.3, 0.4) is 0 Å². The molecule has 1 amide bonds. The average Bonchev–Trinajstić information content (AvgIpc) is 2.79. The highest BCUT2D eigenvalue weighted by Gasteiger charge is 2.33. The Morgan fingerprint density at radius 3 is 1.79 bits per heavy atom. The zero-order chi connectivity index (χ0) is 23.6. The fourth-order valence-electron chi connectivity index (χ4n) is 4.85. The summed E-state index contributed by atoms with van der Waals surface area (Å²) in [6.45, 7) is 0. The molecule has 0 atom stereocenters. The molecule has 0 saturated heterocycles. The molecule has 8 heteroatoms. The minimum atomic E-state index is -1.64. The van der Waals surface area contributed by atoms with Gasteiger partial charge in [-0.3, -0.25) is 4.79 Å². The van der Waals surface area contributed by atoms with Crippen molar-refractivity contribution in [1.82, 2.24) is 5.32 Å². The molecule has 0 saturated carbocycles. The molecule has 0 spiro atoms. The maximum Gasteiger partial charge on any atom is 0.337 e. The molecule has 0 aliphatic heterocycles. The number of fused-ring (bicyclic) bond motifs is 2. The van der Waals surface area contributed by atoms with Gasteiger partial charge in [0.15, 0.2) is 0 Å². The van der Waals surface area contributed by atoms with Crippen molar-refractivity contribution in [2.45, 2.75) is 0 Å². The number of rotatable bonds is 4. The first kappa shape index (κ1) is 20.2. The molecular weight excluding hydrogens is 426 g/mol. The number of carbonyl (C=O) groups excluding carboxylic acids is 1. The van der Waals surface area contributed by atoms with Crippen LogP contribution in [-0.4, -0.2) is 46.2 Å². The van der Waals surface area contributed by atoms with Gasteiger partial charge in [0, 0.05) is 17.8 Å². The fraction of sp³-hybridized carbons (Fsp3) is 0.0400. The van der Waals surface area contributed by atoms with Crippen LogP contribution in [0, 0.1) is 0 Å². The van der Waals surface area contributed by atoms with E-state index in [1.165, 1.54) is 13.1 Å². The number of nitrogens with one attached hydrogen (secondary N) is 1. The third-order valence-corrected chi connectivity index (χ3v) is 6.03. The lowest BCUT2D eigenvalue weighted by Crippen LogP contribution is -2.24. The minimum absolute atomic E-state index is 0.203. The van der Waals surface area contributed by atoms with Crippen LogP contribution in [-0.2, 0) is 0 Å². The van der Waals surface area contributed by atoms with Gasteiger partial charge in [-0.1, -0.05) is 42.5 Å². The topological polar surface area (TPSA) is 141 Å². The van der Waals surface area contributed by atoms with E-state index in [1.54, 1.807) is 18.2 Å². The van der Waals surface area contributed by atoms with E-state index in [-0.39, 0.29) is 27.3 Å². The van der Waals surface area contributed by atoms with Crippen molar-refractivity contribution in [2.24, 2.45) is 0 Å². The first-order chi connectivity index (χ1) is 15.8. The van der Waals surface area contributed by atoms with E-state index in [0.717, 1.165) is 16.2 Å². The molecular formula is C25H15NO7. The smallest absolute Gasteiger partial charge is 0.337 e. The van der Waals surface area contributed by atoms with Gasteiger partial charge in [-0.25, -0.2) is 14.4 Å². The van der Waals surface area contributed by atoms with Crippen LogP contribution in [0.5, 0.6) is 0 Å². The standard InChI is InChI=1S/C25H15NO7/c1-26-22(27)19-17-13-7-3-5-10-4-2-6-11(15(10)13)12-8-9-14(23(28)29)18(16(12)17)20(24(30)31)21(19)25(32)33/h2-9H,1H3,(H,26,27)(H,28,29)(H,30,31)(H,32,33). The van der Waals surface area contributed by atoms with Crippen molar-refractivity contribution in [3.8, 4) is 0 Å². The van der Waals surface area contributed by atoms with Gasteiger partial charge in [-0.15, -0.1) is 0 Å². The van der Waals surface area contributed by atoms with Gasteiger partial charge >= 0.3 is 17.9 Å². The van der Waals surface area contributed by atoms with E-state index in [9.17, 15) is 34.5 Å². The second kappa shape index (κ2) is 6.89. The Kier molecular flexibility index (Phi) is 4.22. The van der Waals surface area contributed by atoms with Crippen LogP contribution in [0.15, 0.2) is 48.5 Å². The lowest BCUT2D eigenvalue weighted by atomic mass is 9.81. The van der Waals surface area contributed by atoms with Crippen LogP contribution in [0.1, 0.15) is 41.4 Å². The zero-order valence-electron chi connectivity index (χ0n) is 17.1. The second-order valence-corrected chi connectivity index (χ2v) is 7.61. The van der Waals surface area contributed by atoms with E-state index in [4.69, 9.17) is 0 Å². The first-order valence-electron chi connectivity index (χ1n) is 9.89. The molecule has 0 aliphatic rings. The van der Waals surface area contributed by atoms with Gasteiger partial charge in [-0.2, -0.15) is 0 Å². The summed E-state index contributed by atoms with van der Waals surface area (Å²) < 4.78 is 0. The number of carboxylic acids is 3. The van der Waals surface area contributed by atoms with Crippen molar-refractivity contribution in [3.63, 3.8) is 0 Å². The lowest BCUT2D eigenvalue weighted by Gasteiger charge is -2.21. The SMILES string of the molecule is CNC(=O)c1c(C(=O)O)c(C(=O)O)c2c(C(=O)O)ccc3c4cccc5cccc(c1c23)c54. The third kappa shape index (κ3) is 2.58. The average molecular weight is 441 g/mol. The fourth-order valence-corrected chi connectivity index (χ4v) is 4.85. The van der Waals surface area contributed by atoms with E-state index in [1.807, 2.05) is 24.3 Å². The summed E-state index contributed by atoms with van der Waals surface area (Å²) in [7, 11) is 1.32. The van der Waals surface area contributed by atoms with Gasteiger partial charge < -0.3 is 20.6 Å². The summed E-state index contributed by atoms with van der Waals surface area (Å²) >= 11 is 0. The summed E-state index contributed by atoms with van der Waals surface area (Å²) in [6, 6.07) is 13.7. The van der Waals surface area contributed by atoms with Crippen LogP contribution >= 0.6 is 0 Å². The Morgan fingerprint density at radius 2 is 1.21 bits per heavy atom. The largest absolute Gasteiger partial charge is 0.478 e. The molecule has 5 aromatic carbocycles. The number of carbonyl (C=O) groups is 4. The first-order valence-corrected chi connectivity index (χ1v) is 9.89. The molecule has 0 aliphatic carbocycles. The molecule has 0 radical (unpaired) electrons. The van der Waals surface area contributed by atoms with Crippen LogP contribution < -0.4 is 5.32 Å². The Hall–Kier alpha value is -4.72. The minimum Gasteiger partial charge on any atom is -0.478 e. The van der Waals surface area contributed by atoms with Crippen LogP contribution in [0.4, 0.5) is 0 Å². The van der Waals surface area contributed by atoms with Gasteiger partial charge in [-0.05, 0) is 38.4 Å². The van der Waals surface area contributed by atoms with Crippen molar-refractivity contribution in [2.75, 3.05) is 7.05 Å². The zero-order valence-corrected chi connectivity index (χ0v) is 17.1. The van der Waals surface area contributed by atoms with E-state index in [0.29, 0.717) is 10.8 Å². The molecule has 8 nitrogen and oxygen atoms in total. The summed E-state index contributed by atoms with van der Waals surface area (Å²) in [5.41, 5.74) is -2.16. The molecule has 0 unspecified atom stereocenters. The third-order valence-electron chi connectivity index (χ3n) is 6.03. The molecule has 0 aromatic heterocycles. The summed E-state index contributed by atoms with van der Waals surface area (Å²) in [5, 5.41) is 35.9. The van der Waals surface area contributed by atoms with Crippen molar-refractivity contribution >= 4 is 66.9 Å². The monoisotopic (exact) mass is 441 g/mol. The number of hydrogen-bond donors (Lipinski definition) is 4. The summed E-state index contributed by atoms with van der Waals surface area (Å²) in [6.07, 6.45) is 0. The van der Waals surface area contributed by atoms with Crippen molar-refractivity contribution in [3.05, 3.63) is 70.8 Å². The number of hydrogen-bond acceptors (Lipinski definition) is 4. The number of amides is 1. The second-order valence-electron chi connectivity index (χ2n) is 7.61. The Labute approximate surface area is 185 Å². The van der Waals surface area contributed by atoms with Crippen LogP contribution in [0.2, 0.25) is 0 Å². The predicted molar refractivity (Wildman–Crippen MR) is 122 cm³/mol. The predicted octanol–water partition coefficient (Wildman–Crippen LogP) is 4.19. The Morgan fingerprint density at radius 1 is 0.606 bits per heavy atom. The highest BCUT2D eigenvalue weighted by atomic mass is 16.4.